The Morgan fingerprint density at radius 2 is 1.91 bits per heavy atom. The molecule has 1 aliphatic carbocycles. The lowest BCUT2D eigenvalue weighted by Gasteiger charge is -2.38. The van der Waals surface area contributed by atoms with E-state index in [0.717, 1.165) is 58.4 Å². The average Bonchev–Trinajstić information content (AvgIpc) is 3.40. The SMILES string of the molecule is CCOc1cc(N)c(Cl)cc1C(=O)NCC1CN(CC2CCN(C(=O)C3CCCC3)CC2)CCO1. The van der Waals surface area contributed by atoms with Crippen LogP contribution in [0.1, 0.15) is 55.8 Å². The van der Waals surface area contributed by atoms with E-state index >= 15 is 0 Å². The maximum atomic E-state index is 12.8. The molecule has 0 radical (unpaired) electrons. The highest BCUT2D eigenvalue weighted by Crippen LogP contribution is 2.30. The molecule has 0 spiro atoms. The van der Waals surface area contributed by atoms with Crippen LogP contribution >= 0.6 is 11.6 Å². The second-order valence-corrected chi connectivity index (χ2v) is 10.4. The first kappa shape index (κ1) is 26.0. The smallest absolute Gasteiger partial charge is 0.255 e. The van der Waals surface area contributed by atoms with Crippen molar-refractivity contribution in [2.45, 2.75) is 51.6 Å². The van der Waals surface area contributed by atoms with Gasteiger partial charge in [0.1, 0.15) is 5.75 Å². The monoisotopic (exact) mass is 506 g/mol. The van der Waals surface area contributed by atoms with E-state index in [1.165, 1.54) is 12.8 Å². The number of rotatable bonds is 8. The van der Waals surface area contributed by atoms with Crippen LogP contribution in [0.25, 0.3) is 0 Å². The first-order valence-corrected chi connectivity index (χ1v) is 13.4. The van der Waals surface area contributed by atoms with Crippen molar-refractivity contribution in [1.82, 2.24) is 15.1 Å². The molecule has 1 atom stereocenters. The molecule has 3 N–H and O–H groups in total. The molecule has 4 rings (SSSR count). The second kappa shape index (κ2) is 12.3. The lowest BCUT2D eigenvalue weighted by molar-refractivity contribution is -0.136. The summed E-state index contributed by atoms with van der Waals surface area (Å²) in [6.07, 6.45) is 6.60. The van der Waals surface area contributed by atoms with Gasteiger partial charge in [-0.05, 0) is 44.6 Å². The number of carbonyl (C=O) groups is 2. The number of nitrogens with two attached hydrogens (primary N) is 1. The summed E-state index contributed by atoms with van der Waals surface area (Å²) < 4.78 is 11.5. The van der Waals surface area contributed by atoms with E-state index < -0.39 is 0 Å². The lowest BCUT2D eigenvalue weighted by Crippen LogP contribution is -2.50. The predicted octanol–water partition coefficient (Wildman–Crippen LogP) is 3.18. The Labute approximate surface area is 213 Å². The van der Waals surface area contributed by atoms with Crippen molar-refractivity contribution in [3.8, 4) is 5.75 Å². The van der Waals surface area contributed by atoms with Crippen molar-refractivity contribution in [3.05, 3.63) is 22.7 Å². The molecule has 194 valence electrons. The van der Waals surface area contributed by atoms with E-state index in [0.29, 0.717) is 53.6 Å². The number of nitrogen functional groups attached to an aromatic ring is 1. The van der Waals surface area contributed by atoms with Crippen LogP contribution in [0, 0.1) is 11.8 Å². The number of morpholine rings is 1. The zero-order chi connectivity index (χ0) is 24.8. The number of hydrogen-bond acceptors (Lipinski definition) is 6. The molecule has 1 unspecified atom stereocenters. The Kier molecular flexibility index (Phi) is 9.14. The summed E-state index contributed by atoms with van der Waals surface area (Å²) in [5, 5.41) is 3.30. The number of likely N-dealkylation sites (tertiary alicyclic amines) is 1. The molecule has 8 nitrogen and oxygen atoms in total. The zero-order valence-corrected chi connectivity index (χ0v) is 21.5. The molecule has 1 saturated carbocycles. The molecule has 2 aliphatic heterocycles. The lowest BCUT2D eigenvalue weighted by atomic mass is 9.94. The summed E-state index contributed by atoms with van der Waals surface area (Å²) in [4.78, 5) is 30.1. The number of anilines is 1. The fourth-order valence-electron chi connectivity index (χ4n) is 5.53. The Morgan fingerprint density at radius 3 is 2.63 bits per heavy atom. The van der Waals surface area contributed by atoms with E-state index in [2.05, 4.69) is 15.1 Å². The second-order valence-electron chi connectivity index (χ2n) is 10.0. The molecule has 1 aromatic carbocycles. The predicted molar refractivity (Wildman–Crippen MR) is 137 cm³/mol. The fourth-order valence-corrected chi connectivity index (χ4v) is 5.69. The Morgan fingerprint density at radius 1 is 1.17 bits per heavy atom. The minimum Gasteiger partial charge on any atom is -0.493 e. The molecule has 35 heavy (non-hydrogen) atoms. The third-order valence-electron chi connectivity index (χ3n) is 7.50. The van der Waals surface area contributed by atoms with E-state index in [1.807, 2.05) is 6.92 Å². The van der Waals surface area contributed by atoms with Gasteiger partial charge in [0.2, 0.25) is 5.91 Å². The van der Waals surface area contributed by atoms with Crippen molar-refractivity contribution >= 4 is 29.1 Å². The van der Waals surface area contributed by atoms with Gasteiger partial charge >= 0.3 is 0 Å². The number of benzene rings is 1. The summed E-state index contributed by atoms with van der Waals surface area (Å²) in [6, 6.07) is 3.14. The van der Waals surface area contributed by atoms with E-state index in [1.54, 1.807) is 12.1 Å². The van der Waals surface area contributed by atoms with Gasteiger partial charge in [0, 0.05) is 51.3 Å². The molecule has 2 amide bonds. The van der Waals surface area contributed by atoms with Crippen molar-refractivity contribution in [2.75, 3.05) is 58.2 Å². The molecule has 0 aromatic heterocycles. The number of nitrogens with zero attached hydrogens (tertiary/aromatic N) is 2. The number of halogens is 1. The summed E-state index contributed by atoms with van der Waals surface area (Å²) in [6.45, 7) is 7.81. The van der Waals surface area contributed by atoms with Crippen LogP contribution in [-0.4, -0.2) is 80.2 Å². The van der Waals surface area contributed by atoms with Gasteiger partial charge in [-0.3, -0.25) is 14.5 Å². The molecule has 3 aliphatic rings. The number of ether oxygens (including phenoxy) is 2. The van der Waals surface area contributed by atoms with E-state index in [4.69, 9.17) is 26.8 Å². The molecule has 2 heterocycles. The van der Waals surface area contributed by atoms with Crippen LogP contribution in [0.15, 0.2) is 12.1 Å². The third kappa shape index (κ3) is 6.80. The zero-order valence-electron chi connectivity index (χ0n) is 20.8. The molecule has 2 saturated heterocycles. The molecule has 1 aromatic rings. The third-order valence-corrected chi connectivity index (χ3v) is 7.83. The minimum atomic E-state index is -0.254. The van der Waals surface area contributed by atoms with Gasteiger partial charge in [0.05, 0.1) is 35.6 Å². The number of nitrogens with one attached hydrogen (secondary N) is 1. The first-order chi connectivity index (χ1) is 16.9. The Hall–Kier alpha value is -2.03. The summed E-state index contributed by atoms with van der Waals surface area (Å²) in [5.41, 5.74) is 6.62. The van der Waals surface area contributed by atoms with Crippen LogP contribution < -0.4 is 15.8 Å². The molecule has 9 heteroatoms. The van der Waals surface area contributed by atoms with E-state index in [9.17, 15) is 9.59 Å². The largest absolute Gasteiger partial charge is 0.493 e. The van der Waals surface area contributed by atoms with Crippen molar-refractivity contribution in [1.29, 1.82) is 0 Å². The van der Waals surface area contributed by atoms with Crippen LogP contribution in [0.4, 0.5) is 5.69 Å². The number of carbonyl (C=O) groups excluding carboxylic acids is 2. The Bertz CT molecular complexity index is 884. The number of amides is 2. The molecular weight excluding hydrogens is 468 g/mol. The quantitative estimate of drug-likeness (QED) is 0.526. The highest BCUT2D eigenvalue weighted by Gasteiger charge is 2.31. The summed E-state index contributed by atoms with van der Waals surface area (Å²) in [5.74, 6) is 1.43. The van der Waals surface area contributed by atoms with Crippen LogP contribution in [0.2, 0.25) is 5.02 Å². The van der Waals surface area contributed by atoms with Gasteiger partial charge in [0.15, 0.2) is 0 Å². The van der Waals surface area contributed by atoms with Gasteiger partial charge in [-0.1, -0.05) is 24.4 Å². The van der Waals surface area contributed by atoms with Crippen molar-refractivity contribution in [2.24, 2.45) is 11.8 Å². The summed E-state index contributed by atoms with van der Waals surface area (Å²) in [7, 11) is 0. The first-order valence-electron chi connectivity index (χ1n) is 13.1. The van der Waals surface area contributed by atoms with Crippen molar-refractivity contribution in [3.63, 3.8) is 0 Å². The molecule has 3 fully saturated rings. The number of hydrogen-bond donors (Lipinski definition) is 2. The highest BCUT2D eigenvalue weighted by molar-refractivity contribution is 6.33. The number of piperidine rings is 1. The van der Waals surface area contributed by atoms with Gasteiger partial charge in [-0.25, -0.2) is 0 Å². The normalized spacial score (nSPS) is 22.3. The van der Waals surface area contributed by atoms with Gasteiger partial charge in [-0.15, -0.1) is 0 Å². The maximum absolute atomic E-state index is 12.8. The summed E-state index contributed by atoms with van der Waals surface area (Å²) >= 11 is 6.14. The maximum Gasteiger partial charge on any atom is 0.255 e. The van der Waals surface area contributed by atoms with Crippen molar-refractivity contribution < 1.29 is 19.1 Å². The minimum absolute atomic E-state index is 0.0727. The van der Waals surface area contributed by atoms with Crippen LogP contribution in [0.5, 0.6) is 5.75 Å². The van der Waals surface area contributed by atoms with Gasteiger partial charge < -0.3 is 25.4 Å². The molecule has 0 bridgehead atoms. The highest BCUT2D eigenvalue weighted by atomic mass is 35.5. The van der Waals surface area contributed by atoms with Gasteiger partial charge in [-0.2, -0.15) is 0 Å². The fraction of sp³-hybridized carbons (Fsp3) is 0.692. The topological polar surface area (TPSA) is 97.1 Å². The standard InChI is InChI=1S/C26H39ClN4O4/c1-2-34-24-14-23(28)22(27)13-21(24)25(32)29-15-20-17-30(11-12-35-20)16-18-7-9-31(10-8-18)26(33)19-5-3-4-6-19/h13-14,18-20H,2-12,15-17,28H2,1H3,(H,29,32). The van der Waals surface area contributed by atoms with E-state index in [-0.39, 0.29) is 17.9 Å². The average molecular weight is 507 g/mol. The van der Waals surface area contributed by atoms with Crippen LogP contribution in [-0.2, 0) is 9.53 Å². The van der Waals surface area contributed by atoms with Gasteiger partial charge in [0.25, 0.3) is 5.91 Å². The Balaban J connectivity index is 1.22. The van der Waals surface area contributed by atoms with Crippen LogP contribution in [0.3, 0.4) is 0 Å². The molecular formula is C26H39ClN4O4.